The number of aryl methyl sites for hydroxylation is 1. The molecule has 7 nitrogen and oxygen atoms in total. The topological polar surface area (TPSA) is 83.8 Å². The number of hydrogen-bond donors (Lipinski definition) is 0. The summed E-state index contributed by atoms with van der Waals surface area (Å²) in [5.41, 5.74) is 0.811. The molecule has 2 rings (SSSR count). The molecular formula is C15H23N3O4S. The predicted molar refractivity (Wildman–Crippen MR) is 88.8 cm³/mol. The van der Waals surface area contributed by atoms with E-state index in [0.29, 0.717) is 25.4 Å². The standard InChI is InChI=1S/C15H23N3O4S/c1-16(2)11-14-7-9-17(12-14)23(21,22)10-8-13-3-5-15(6-4-13)18(19)20/h3-6,14H,7-12H2,1-2H3/t14-/m0/s1. The molecule has 0 aromatic heterocycles. The molecule has 0 spiro atoms. The first-order valence-electron chi connectivity index (χ1n) is 7.64. The number of nitrogens with zero attached hydrogens (tertiary/aromatic N) is 3. The number of rotatable bonds is 7. The summed E-state index contributed by atoms with van der Waals surface area (Å²) < 4.78 is 26.4. The quantitative estimate of drug-likeness (QED) is 0.552. The van der Waals surface area contributed by atoms with Crippen LogP contribution in [0.4, 0.5) is 5.69 Å². The van der Waals surface area contributed by atoms with Crippen LogP contribution in [0.3, 0.4) is 0 Å². The third-order valence-corrected chi connectivity index (χ3v) is 5.90. The molecule has 0 bridgehead atoms. The van der Waals surface area contributed by atoms with Gasteiger partial charge in [-0.1, -0.05) is 12.1 Å². The van der Waals surface area contributed by atoms with Crippen molar-refractivity contribution in [3.8, 4) is 0 Å². The van der Waals surface area contributed by atoms with E-state index in [1.54, 1.807) is 16.4 Å². The summed E-state index contributed by atoms with van der Waals surface area (Å²) in [6, 6.07) is 6.05. The Hall–Kier alpha value is -1.51. The molecule has 128 valence electrons. The van der Waals surface area contributed by atoms with Gasteiger partial charge in [-0.25, -0.2) is 12.7 Å². The van der Waals surface area contributed by atoms with E-state index >= 15 is 0 Å². The summed E-state index contributed by atoms with van der Waals surface area (Å²) in [4.78, 5) is 12.2. The molecule has 8 heteroatoms. The van der Waals surface area contributed by atoms with E-state index in [1.165, 1.54) is 12.1 Å². The van der Waals surface area contributed by atoms with Gasteiger partial charge in [0.2, 0.25) is 10.0 Å². The van der Waals surface area contributed by atoms with Crippen molar-refractivity contribution in [1.29, 1.82) is 0 Å². The minimum Gasteiger partial charge on any atom is -0.309 e. The Morgan fingerprint density at radius 1 is 1.30 bits per heavy atom. The smallest absolute Gasteiger partial charge is 0.269 e. The van der Waals surface area contributed by atoms with Crippen LogP contribution >= 0.6 is 0 Å². The first-order chi connectivity index (χ1) is 10.8. The largest absolute Gasteiger partial charge is 0.309 e. The van der Waals surface area contributed by atoms with Crippen LogP contribution in [0.25, 0.3) is 0 Å². The van der Waals surface area contributed by atoms with E-state index in [9.17, 15) is 18.5 Å². The van der Waals surface area contributed by atoms with Crippen molar-refractivity contribution in [3.05, 3.63) is 39.9 Å². The van der Waals surface area contributed by atoms with Crippen molar-refractivity contribution in [3.63, 3.8) is 0 Å². The maximum absolute atomic E-state index is 12.4. The van der Waals surface area contributed by atoms with Crippen molar-refractivity contribution in [1.82, 2.24) is 9.21 Å². The van der Waals surface area contributed by atoms with Crippen molar-refractivity contribution in [2.24, 2.45) is 5.92 Å². The molecule has 1 aliphatic heterocycles. The van der Waals surface area contributed by atoms with Gasteiger partial charge < -0.3 is 4.90 Å². The van der Waals surface area contributed by atoms with Gasteiger partial charge in [0.15, 0.2) is 0 Å². The van der Waals surface area contributed by atoms with Gasteiger partial charge in [0.05, 0.1) is 10.7 Å². The number of sulfonamides is 1. The molecule has 0 N–H and O–H groups in total. The Labute approximate surface area is 137 Å². The maximum Gasteiger partial charge on any atom is 0.269 e. The summed E-state index contributed by atoms with van der Waals surface area (Å²) in [6.45, 7) is 2.07. The normalized spacial score (nSPS) is 19.3. The van der Waals surface area contributed by atoms with Crippen LogP contribution in [0.15, 0.2) is 24.3 Å². The molecule has 0 saturated carbocycles. The van der Waals surface area contributed by atoms with E-state index in [1.807, 2.05) is 14.1 Å². The highest BCUT2D eigenvalue weighted by molar-refractivity contribution is 7.89. The van der Waals surface area contributed by atoms with Gasteiger partial charge in [-0.15, -0.1) is 0 Å². The fourth-order valence-electron chi connectivity index (χ4n) is 2.88. The minimum atomic E-state index is -3.27. The molecule has 1 aliphatic rings. The Balaban J connectivity index is 1.90. The highest BCUT2D eigenvalue weighted by atomic mass is 32.2. The van der Waals surface area contributed by atoms with Crippen LogP contribution in [0.2, 0.25) is 0 Å². The highest BCUT2D eigenvalue weighted by Crippen LogP contribution is 2.21. The minimum absolute atomic E-state index is 0.0164. The Morgan fingerprint density at radius 3 is 2.52 bits per heavy atom. The molecule has 1 fully saturated rings. The zero-order valence-electron chi connectivity index (χ0n) is 13.5. The van der Waals surface area contributed by atoms with E-state index < -0.39 is 14.9 Å². The van der Waals surface area contributed by atoms with Gasteiger partial charge in [-0.2, -0.15) is 0 Å². The van der Waals surface area contributed by atoms with Crippen LogP contribution in [-0.4, -0.2) is 62.0 Å². The average molecular weight is 341 g/mol. The summed E-state index contributed by atoms with van der Waals surface area (Å²) in [6.07, 6.45) is 1.27. The lowest BCUT2D eigenvalue weighted by atomic mass is 10.1. The van der Waals surface area contributed by atoms with E-state index in [4.69, 9.17) is 0 Å². The van der Waals surface area contributed by atoms with Crippen LogP contribution in [-0.2, 0) is 16.4 Å². The van der Waals surface area contributed by atoms with Gasteiger partial charge in [-0.05, 0) is 38.4 Å². The van der Waals surface area contributed by atoms with Gasteiger partial charge >= 0.3 is 0 Å². The number of nitro benzene ring substituents is 1. The summed E-state index contributed by atoms with van der Waals surface area (Å²) in [5.74, 6) is 0.429. The molecule has 23 heavy (non-hydrogen) atoms. The second kappa shape index (κ2) is 7.37. The van der Waals surface area contributed by atoms with Crippen molar-refractivity contribution >= 4 is 15.7 Å². The zero-order valence-corrected chi connectivity index (χ0v) is 14.3. The van der Waals surface area contributed by atoms with Gasteiger partial charge in [0, 0.05) is 31.8 Å². The summed E-state index contributed by atoms with van der Waals surface area (Å²) >= 11 is 0. The van der Waals surface area contributed by atoms with Crippen molar-refractivity contribution in [2.75, 3.05) is 39.5 Å². The molecule has 1 aromatic rings. The fraction of sp³-hybridized carbons (Fsp3) is 0.600. The lowest BCUT2D eigenvalue weighted by molar-refractivity contribution is -0.384. The van der Waals surface area contributed by atoms with E-state index in [0.717, 1.165) is 18.5 Å². The highest BCUT2D eigenvalue weighted by Gasteiger charge is 2.31. The van der Waals surface area contributed by atoms with Crippen LogP contribution in [0.5, 0.6) is 0 Å². The molecule has 0 amide bonds. The van der Waals surface area contributed by atoms with E-state index in [2.05, 4.69) is 4.90 Å². The molecule has 0 radical (unpaired) electrons. The second-order valence-electron chi connectivity index (χ2n) is 6.26. The SMILES string of the molecule is CN(C)C[C@@H]1CCN(S(=O)(=O)CCc2ccc([N+](=O)[O-])cc2)C1. The predicted octanol–water partition coefficient (Wildman–Crippen LogP) is 1.35. The first kappa shape index (κ1) is 17.8. The zero-order chi connectivity index (χ0) is 17.0. The van der Waals surface area contributed by atoms with Gasteiger partial charge in [0.1, 0.15) is 0 Å². The molecule has 0 aliphatic carbocycles. The second-order valence-corrected chi connectivity index (χ2v) is 8.35. The Morgan fingerprint density at radius 2 is 1.96 bits per heavy atom. The summed E-state index contributed by atoms with van der Waals surface area (Å²) in [7, 11) is 0.711. The lowest BCUT2D eigenvalue weighted by Gasteiger charge is -2.18. The van der Waals surface area contributed by atoms with Crippen LogP contribution in [0.1, 0.15) is 12.0 Å². The van der Waals surface area contributed by atoms with Crippen molar-refractivity contribution < 1.29 is 13.3 Å². The van der Waals surface area contributed by atoms with Gasteiger partial charge in [0.25, 0.3) is 5.69 Å². The van der Waals surface area contributed by atoms with Crippen molar-refractivity contribution in [2.45, 2.75) is 12.8 Å². The average Bonchev–Trinajstić information content (AvgIpc) is 2.94. The van der Waals surface area contributed by atoms with Gasteiger partial charge in [-0.3, -0.25) is 10.1 Å². The number of nitro groups is 1. The monoisotopic (exact) mass is 341 g/mol. The number of non-ortho nitro benzene ring substituents is 1. The third-order valence-electron chi connectivity index (χ3n) is 4.06. The number of benzene rings is 1. The fourth-order valence-corrected chi connectivity index (χ4v) is 4.45. The molecule has 0 unspecified atom stereocenters. The summed E-state index contributed by atoms with van der Waals surface area (Å²) in [5, 5.41) is 10.6. The van der Waals surface area contributed by atoms with Crippen LogP contribution in [0, 0.1) is 16.0 Å². The molecule has 1 atom stereocenters. The molecule has 1 saturated heterocycles. The first-order valence-corrected chi connectivity index (χ1v) is 9.25. The molecule has 1 heterocycles. The Kier molecular flexibility index (Phi) is 5.72. The molecule has 1 aromatic carbocycles. The maximum atomic E-state index is 12.4. The Bertz CT molecular complexity index is 643. The lowest BCUT2D eigenvalue weighted by Crippen LogP contribution is -2.33. The molecular weight excluding hydrogens is 318 g/mol. The van der Waals surface area contributed by atoms with Crippen LogP contribution < -0.4 is 0 Å². The number of hydrogen-bond acceptors (Lipinski definition) is 5. The third kappa shape index (κ3) is 4.98. The van der Waals surface area contributed by atoms with E-state index in [-0.39, 0.29) is 11.4 Å².